The molecule has 3 heteroatoms. The normalized spacial score (nSPS) is 14.0. The highest BCUT2D eigenvalue weighted by Crippen LogP contribution is 2.44. The van der Waals surface area contributed by atoms with Crippen LogP contribution in [0.4, 0.5) is 0 Å². The summed E-state index contributed by atoms with van der Waals surface area (Å²) in [4.78, 5) is 11.1. The number of rotatable bonds is 3. The van der Waals surface area contributed by atoms with E-state index in [4.69, 9.17) is 10.5 Å². The number of ether oxygens (including phenoxy) is 1. The fraction of sp³-hybridized carbons (Fsp3) is 0.611. The Labute approximate surface area is 128 Å². The molecule has 1 aromatic carbocycles. The van der Waals surface area contributed by atoms with Crippen LogP contribution in [0.5, 0.6) is 5.75 Å². The third-order valence-corrected chi connectivity index (χ3v) is 3.73. The average molecular weight is 291 g/mol. The zero-order valence-corrected chi connectivity index (χ0v) is 14.6. The quantitative estimate of drug-likeness (QED) is 0.674. The molecule has 0 aliphatic carbocycles. The molecule has 2 N–H and O–H groups in total. The fourth-order valence-electron chi connectivity index (χ4n) is 3.54. The Kier molecular flexibility index (Phi) is 4.89. The maximum absolute atomic E-state index is 11.1. The van der Waals surface area contributed by atoms with Crippen LogP contribution >= 0.6 is 0 Å². The maximum atomic E-state index is 11.1. The second-order valence-corrected chi connectivity index (χ2v) is 7.68. The molecule has 0 radical (unpaired) electrons. The third kappa shape index (κ3) is 4.31. The largest absolute Gasteiger partial charge is 0.427 e. The maximum Gasteiger partial charge on any atom is 0.308 e. The molecule has 0 heterocycles. The second-order valence-electron chi connectivity index (χ2n) is 7.68. The minimum absolute atomic E-state index is 0.0384. The molecule has 0 amide bonds. The molecule has 1 atom stereocenters. The average Bonchev–Trinajstić information content (AvgIpc) is 2.18. The molecule has 118 valence electrons. The molecule has 0 aromatic heterocycles. The van der Waals surface area contributed by atoms with Crippen LogP contribution in [-0.4, -0.2) is 11.5 Å². The van der Waals surface area contributed by atoms with Gasteiger partial charge in [0.05, 0.1) is 0 Å². The summed E-state index contributed by atoms with van der Waals surface area (Å²) in [7, 11) is 0. The number of hydrogen-bond donors (Lipinski definition) is 1. The highest BCUT2D eigenvalue weighted by molar-refractivity contribution is 5.69. The van der Waals surface area contributed by atoms with Crippen LogP contribution < -0.4 is 10.5 Å². The summed E-state index contributed by atoms with van der Waals surface area (Å²) < 4.78 is 5.21. The van der Waals surface area contributed by atoms with Gasteiger partial charge in [-0.15, -0.1) is 0 Å². The Morgan fingerprint density at radius 2 is 1.52 bits per heavy atom. The summed E-state index contributed by atoms with van der Waals surface area (Å²) in [6.45, 7) is 16.3. The van der Waals surface area contributed by atoms with Crippen LogP contribution in [0.1, 0.15) is 64.2 Å². The predicted molar refractivity (Wildman–Crippen MR) is 87.7 cm³/mol. The van der Waals surface area contributed by atoms with E-state index >= 15 is 0 Å². The van der Waals surface area contributed by atoms with Crippen molar-refractivity contribution in [2.75, 3.05) is 0 Å². The van der Waals surface area contributed by atoms with Crippen molar-refractivity contribution in [2.24, 2.45) is 11.1 Å². The van der Waals surface area contributed by atoms with Crippen LogP contribution in [0.3, 0.4) is 0 Å². The molecule has 0 saturated heterocycles. The van der Waals surface area contributed by atoms with E-state index in [1.807, 2.05) is 12.1 Å². The Morgan fingerprint density at radius 3 is 1.81 bits per heavy atom. The lowest BCUT2D eigenvalue weighted by molar-refractivity contribution is -0.131. The summed E-state index contributed by atoms with van der Waals surface area (Å²) >= 11 is 0. The topological polar surface area (TPSA) is 52.3 Å². The van der Waals surface area contributed by atoms with E-state index in [2.05, 4.69) is 48.5 Å². The summed E-state index contributed by atoms with van der Waals surface area (Å²) in [5, 5.41) is 0. The highest BCUT2D eigenvalue weighted by Gasteiger charge is 2.38. The molecular formula is C18H29NO2. The minimum atomic E-state index is -0.337. The first kappa shape index (κ1) is 17.7. The van der Waals surface area contributed by atoms with Crippen LogP contribution in [0, 0.1) is 19.3 Å². The molecule has 0 aliphatic rings. The number of carbonyl (C=O) groups excluding carboxylic acids is 1. The van der Waals surface area contributed by atoms with Crippen LogP contribution in [0.25, 0.3) is 0 Å². The van der Waals surface area contributed by atoms with Gasteiger partial charge in [0.15, 0.2) is 0 Å². The lowest BCUT2D eigenvalue weighted by Crippen LogP contribution is -2.45. The van der Waals surface area contributed by atoms with Crippen molar-refractivity contribution < 1.29 is 9.53 Å². The Hall–Kier alpha value is -1.35. The first-order valence-electron chi connectivity index (χ1n) is 7.42. The van der Waals surface area contributed by atoms with Gasteiger partial charge in [0, 0.05) is 18.4 Å². The molecule has 21 heavy (non-hydrogen) atoms. The minimum Gasteiger partial charge on any atom is -0.427 e. The fourth-order valence-corrected chi connectivity index (χ4v) is 3.54. The zero-order chi connectivity index (χ0) is 16.6. The summed E-state index contributed by atoms with van der Waals surface area (Å²) in [5.74, 6) is 0.508. The van der Waals surface area contributed by atoms with Crippen molar-refractivity contribution >= 4 is 5.97 Å². The summed E-state index contributed by atoms with van der Waals surface area (Å²) in [5.41, 5.74) is 9.66. The number of esters is 1. The Bertz CT molecular complexity index is 496. The van der Waals surface area contributed by atoms with Crippen LogP contribution in [-0.2, 0) is 4.79 Å². The van der Waals surface area contributed by atoms with E-state index in [1.54, 1.807) is 0 Å². The lowest BCUT2D eigenvalue weighted by Gasteiger charge is -2.42. The molecule has 0 fully saturated rings. The molecule has 1 unspecified atom stereocenters. The first-order chi connectivity index (χ1) is 9.34. The molecule has 3 nitrogen and oxygen atoms in total. The van der Waals surface area contributed by atoms with Crippen molar-refractivity contribution in [3.63, 3.8) is 0 Å². The second kappa shape index (κ2) is 5.80. The van der Waals surface area contributed by atoms with Gasteiger partial charge in [-0.25, -0.2) is 0 Å². The number of hydrogen-bond acceptors (Lipinski definition) is 3. The van der Waals surface area contributed by atoms with Gasteiger partial charge in [-0.05, 0) is 61.9 Å². The van der Waals surface area contributed by atoms with Crippen molar-refractivity contribution in [3.8, 4) is 5.75 Å². The first-order valence-corrected chi connectivity index (χ1v) is 7.42. The number of aryl methyl sites for hydroxylation is 2. The summed E-state index contributed by atoms with van der Waals surface area (Å²) in [6.07, 6.45) is 0. The molecule has 0 spiro atoms. The number of benzene rings is 1. The van der Waals surface area contributed by atoms with E-state index in [-0.39, 0.29) is 22.8 Å². The number of carbonyl (C=O) groups is 1. The molecule has 0 bridgehead atoms. The van der Waals surface area contributed by atoms with Gasteiger partial charge in [-0.3, -0.25) is 4.79 Å². The third-order valence-electron chi connectivity index (χ3n) is 3.73. The standard InChI is InChI=1S/C18H29NO2/c1-11-9-14(21-13(3)20)10-12(2)15(11)16(17(4,5)6)18(7,8)19/h9-10,16H,19H2,1-8H3. The smallest absolute Gasteiger partial charge is 0.308 e. The Morgan fingerprint density at radius 1 is 1.10 bits per heavy atom. The van der Waals surface area contributed by atoms with E-state index in [0.717, 1.165) is 11.1 Å². The van der Waals surface area contributed by atoms with Gasteiger partial charge in [0.2, 0.25) is 0 Å². The monoisotopic (exact) mass is 291 g/mol. The highest BCUT2D eigenvalue weighted by atomic mass is 16.5. The van der Waals surface area contributed by atoms with E-state index in [1.165, 1.54) is 12.5 Å². The Balaban J connectivity index is 3.44. The summed E-state index contributed by atoms with van der Waals surface area (Å²) in [6, 6.07) is 3.85. The van der Waals surface area contributed by atoms with E-state index < -0.39 is 0 Å². The zero-order valence-electron chi connectivity index (χ0n) is 14.6. The van der Waals surface area contributed by atoms with Crippen molar-refractivity contribution in [1.29, 1.82) is 0 Å². The number of nitrogens with two attached hydrogens (primary N) is 1. The van der Waals surface area contributed by atoms with Crippen molar-refractivity contribution in [2.45, 2.75) is 66.8 Å². The van der Waals surface area contributed by atoms with E-state index in [0.29, 0.717) is 5.75 Å². The molecule has 0 saturated carbocycles. The molecule has 1 aromatic rings. The van der Waals surface area contributed by atoms with Gasteiger partial charge in [-0.2, -0.15) is 0 Å². The SMILES string of the molecule is CC(=O)Oc1cc(C)c(C(C(C)(C)C)C(C)(C)N)c(C)c1. The van der Waals surface area contributed by atoms with Gasteiger partial charge in [-0.1, -0.05) is 20.8 Å². The van der Waals surface area contributed by atoms with Crippen LogP contribution in [0.15, 0.2) is 12.1 Å². The van der Waals surface area contributed by atoms with Crippen molar-refractivity contribution in [1.82, 2.24) is 0 Å². The molecule has 0 aliphatic heterocycles. The molecular weight excluding hydrogens is 262 g/mol. The lowest BCUT2D eigenvalue weighted by atomic mass is 9.65. The van der Waals surface area contributed by atoms with Gasteiger partial charge < -0.3 is 10.5 Å². The van der Waals surface area contributed by atoms with Crippen LogP contribution in [0.2, 0.25) is 0 Å². The van der Waals surface area contributed by atoms with Gasteiger partial charge in [0.1, 0.15) is 5.75 Å². The van der Waals surface area contributed by atoms with Gasteiger partial charge in [0.25, 0.3) is 0 Å². The predicted octanol–water partition coefficient (Wildman–Crippen LogP) is 4.10. The van der Waals surface area contributed by atoms with Gasteiger partial charge >= 0.3 is 5.97 Å². The van der Waals surface area contributed by atoms with E-state index in [9.17, 15) is 4.79 Å². The van der Waals surface area contributed by atoms with Crippen molar-refractivity contribution in [3.05, 3.63) is 28.8 Å². The molecule has 1 rings (SSSR count).